The number of aromatic nitrogens is 3. The molecule has 0 aliphatic heterocycles. The molecule has 19 heavy (non-hydrogen) atoms. The molecular formula is C13H21N5O. The highest BCUT2D eigenvalue weighted by Crippen LogP contribution is 2.26. The zero-order valence-corrected chi connectivity index (χ0v) is 12.1. The number of nitrogen functional groups attached to an aromatic ring is 1. The molecule has 0 aliphatic rings. The molecule has 0 atom stereocenters. The van der Waals surface area contributed by atoms with Crippen molar-refractivity contribution in [3.05, 3.63) is 22.7 Å². The summed E-state index contributed by atoms with van der Waals surface area (Å²) in [5.41, 5.74) is 9.57. The van der Waals surface area contributed by atoms with Crippen LogP contribution in [0.15, 0.2) is 4.52 Å². The maximum Gasteiger partial charge on any atom is 0.148 e. The molecule has 0 radical (unpaired) electrons. The summed E-state index contributed by atoms with van der Waals surface area (Å²) in [5, 5.41) is 11.7. The van der Waals surface area contributed by atoms with Gasteiger partial charge in [0.1, 0.15) is 11.6 Å². The topological polar surface area (TPSA) is 81.9 Å². The van der Waals surface area contributed by atoms with E-state index in [-0.39, 0.29) is 6.04 Å². The molecule has 104 valence electrons. The van der Waals surface area contributed by atoms with Crippen LogP contribution in [-0.4, -0.2) is 14.9 Å². The summed E-state index contributed by atoms with van der Waals surface area (Å²) in [5.74, 6) is 1.68. The first-order valence-corrected chi connectivity index (χ1v) is 6.42. The molecule has 2 aromatic rings. The van der Waals surface area contributed by atoms with Gasteiger partial charge in [-0.3, -0.25) is 0 Å². The summed E-state index contributed by atoms with van der Waals surface area (Å²) in [6, 6.07) is 0.253. The summed E-state index contributed by atoms with van der Waals surface area (Å²) in [6.45, 7) is 10.5. The first kappa shape index (κ1) is 13.5. The van der Waals surface area contributed by atoms with Crippen molar-refractivity contribution in [3.8, 4) is 0 Å². The largest absolute Gasteiger partial charge is 0.394 e. The Morgan fingerprint density at radius 1 is 1.26 bits per heavy atom. The van der Waals surface area contributed by atoms with Gasteiger partial charge in [0.25, 0.3) is 0 Å². The van der Waals surface area contributed by atoms with Gasteiger partial charge in [-0.05, 0) is 34.6 Å². The van der Waals surface area contributed by atoms with E-state index in [9.17, 15) is 0 Å². The highest BCUT2D eigenvalue weighted by Gasteiger charge is 2.16. The van der Waals surface area contributed by atoms with Crippen molar-refractivity contribution in [1.82, 2.24) is 14.9 Å². The lowest BCUT2D eigenvalue weighted by molar-refractivity contribution is 0.392. The highest BCUT2D eigenvalue weighted by molar-refractivity contribution is 5.65. The van der Waals surface area contributed by atoms with Crippen molar-refractivity contribution >= 4 is 11.5 Å². The van der Waals surface area contributed by atoms with Gasteiger partial charge < -0.3 is 15.6 Å². The number of hydrogen-bond acceptors (Lipinski definition) is 5. The monoisotopic (exact) mass is 263 g/mol. The molecule has 0 saturated heterocycles. The molecule has 0 bridgehead atoms. The summed E-state index contributed by atoms with van der Waals surface area (Å²) in [7, 11) is 0. The van der Waals surface area contributed by atoms with Crippen molar-refractivity contribution in [2.75, 3.05) is 11.1 Å². The minimum atomic E-state index is 0.253. The number of anilines is 2. The molecule has 2 rings (SSSR count). The first-order valence-electron chi connectivity index (χ1n) is 6.42. The van der Waals surface area contributed by atoms with Crippen molar-refractivity contribution in [3.63, 3.8) is 0 Å². The predicted molar refractivity (Wildman–Crippen MR) is 75.1 cm³/mol. The lowest BCUT2D eigenvalue weighted by Crippen LogP contribution is -2.11. The van der Waals surface area contributed by atoms with Gasteiger partial charge in [0, 0.05) is 18.2 Å². The molecule has 0 spiro atoms. The molecule has 2 heterocycles. The quantitative estimate of drug-likeness (QED) is 0.886. The fourth-order valence-electron chi connectivity index (χ4n) is 2.04. The van der Waals surface area contributed by atoms with E-state index >= 15 is 0 Å². The van der Waals surface area contributed by atoms with Gasteiger partial charge in [-0.2, -0.15) is 5.10 Å². The third-order valence-corrected chi connectivity index (χ3v) is 3.23. The average molecular weight is 263 g/mol. The van der Waals surface area contributed by atoms with E-state index in [4.69, 9.17) is 10.3 Å². The predicted octanol–water partition coefficient (Wildman–Crippen LogP) is 2.57. The van der Waals surface area contributed by atoms with Crippen LogP contribution in [0, 0.1) is 20.8 Å². The molecule has 0 saturated carbocycles. The van der Waals surface area contributed by atoms with Gasteiger partial charge in [0.15, 0.2) is 0 Å². The van der Waals surface area contributed by atoms with Crippen LogP contribution in [0.3, 0.4) is 0 Å². The van der Waals surface area contributed by atoms with E-state index in [0.717, 1.165) is 28.5 Å². The average Bonchev–Trinajstić information content (AvgIpc) is 2.81. The highest BCUT2D eigenvalue weighted by atomic mass is 16.5. The van der Waals surface area contributed by atoms with Crippen LogP contribution < -0.4 is 11.1 Å². The molecule has 2 aromatic heterocycles. The summed E-state index contributed by atoms with van der Waals surface area (Å²) in [6.07, 6.45) is 0. The fourth-order valence-corrected chi connectivity index (χ4v) is 2.04. The number of nitrogens with two attached hydrogens (primary N) is 1. The van der Waals surface area contributed by atoms with Gasteiger partial charge in [-0.25, -0.2) is 4.68 Å². The van der Waals surface area contributed by atoms with Crippen LogP contribution in [-0.2, 0) is 6.54 Å². The van der Waals surface area contributed by atoms with Crippen LogP contribution in [0.4, 0.5) is 11.5 Å². The summed E-state index contributed by atoms with van der Waals surface area (Å²) >= 11 is 0. The Bertz CT molecular complexity index is 563. The Hall–Kier alpha value is -1.98. The summed E-state index contributed by atoms with van der Waals surface area (Å²) < 4.78 is 7.06. The van der Waals surface area contributed by atoms with E-state index in [1.54, 1.807) is 0 Å². The zero-order chi connectivity index (χ0) is 14.2. The summed E-state index contributed by atoms with van der Waals surface area (Å²) in [4.78, 5) is 0. The van der Waals surface area contributed by atoms with Crippen molar-refractivity contribution in [2.24, 2.45) is 0 Å². The maximum absolute atomic E-state index is 6.07. The van der Waals surface area contributed by atoms with E-state index < -0.39 is 0 Å². The van der Waals surface area contributed by atoms with E-state index in [0.29, 0.717) is 12.2 Å². The normalized spacial score (nSPS) is 11.3. The standard InChI is InChI=1S/C13H21N5O/c1-7(2)18-13(12(14)9(4)16-18)15-6-11-8(3)17-19-10(11)5/h7,15H,6,14H2,1-5H3. The fraction of sp³-hybridized carbons (Fsp3) is 0.538. The van der Waals surface area contributed by atoms with Crippen LogP contribution >= 0.6 is 0 Å². The van der Waals surface area contributed by atoms with Gasteiger partial charge in [-0.15, -0.1) is 0 Å². The number of aryl methyl sites for hydroxylation is 3. The number of rotatable bonds is 4. The number of nitrogens with zero attached hydrogens (tertiary/aromatic N) is 3. The molecule has 6 nitrogen and oxygen atoms in total. The van der Waals surface area contributed by atoms with Crippen LogP contribution in [0.1, 0.15) is 42.6 Å². The van der Waals surface area contributed by atoms with E-state index in [2.05, 4.69) is 29.4 Å². The molecule has 3 N–H and O–H groups in total. The third-order valence-electron chi connectivity index (χ3n) is 3.23. The smallest absolute Gasteiger partial charge is 0.148 e. The van der Waals surface area contributed by atoms with Crippen molar-refractivity contribution in [1.29, 1.82) is 0 Å². The van der Waals surface area contributed by atoms with Crippen LogP contribution in [0.2, 0.25) is 0 Å². The Labute approximate surface area is 113 Å². The minimum absolute atomic E-state index is 0.253. The maximum atomic E-state index is 6.07. The lowest BCUT2D eigenvalue weighted by atomic mass is 10.2. The Balaban J connectivity index is 2.25. The van der Waals surface area contributed by atoms with Gasteiger partial charge in [0.05, 0.1) is 17.1 Å². The molecular weight excluding hydrogens is 242 g/mol. The van der Waals surface area contributed by atoms with Crippen molar-refractivity contribution in [2.45, 2.75) is 47.2 Å². The number of hydrogen-bond donors (Lipinski definition) is 2. The minimum Gasteiger partial charge on any atom is -0.394 e. The second-order valence-corrected chi connectivity index (χ2v) is 5.04. The van der Waals surface area contributed by atoms with Crippen LogP contribution in [0.5, 0.6) is 0 Å². The zero-order valence-electron chi connectivity index (χ0n) is 12.1. The van der Waals surface area contributed by atoms with Crippen LogP contribution in [0.25, 0.3) is 0 Å². The molecule has 0 aliphatic carbocycles. The molecule has 0 fully saturated rings. The molecule has 0 amide bonds. The second kappa shape index (κ2) is 4.95. The van der Waals surface area contributed by atoms with Crippen molar-refractivity contribution < 1.29 is 4.52 Å². The second-order valence-electron chi connectivity index (χ2n) is 5.04. The Morgan fingerprint density at radius 3 is 2.47 bits per heavy atom. The molecule has 0 unspecified atom stereocenters. The van der Waals surface area contributed by atoms with Gasteiger partial charge >= 0.3 is 0 Å². The van der Waals surface area contributed by atoms with E-state index in [1.165, 1.54) is 0 Å². The molecule has 0 aromatic carbocycles. The Kier molecular flexibility index (Phi) is 3.50. The molecule has 6 heteroatoms. The number of nitrogens with one attached hydrogen (secondary N) is 1. The first-order chi connectivity index (χ1) is 8.91. The van der Waals surface area contributed by atoms with Gasteiger partial charge in [0.2, 0.25) is 0 Å². The third kappa shape index (κ3) is 2.43. The SMILES string of the molecule is Cc1nn(C(C)C)c(NCc2c(C)noc2C)c1N. The Morgan fingerprint density at radius 2 is 1.95 bits per heavy atom. The van der Waals surface area contributed by atoms with E-state index in [1.807, 2.05) is 25.5 Å². The lowest BCUT2D eigenvalue weighted by Gasteiger charge is -2.13. The van der Waals surface area contributed by atoms with Gasteiger partial charge in [-0.1, -0.05) is 5.16 Å².